The molecule has 3 fully saturated rings. The molecule has 3 aliphatic rings. The molecule has 9 nitrogen and oxygen atoms in total. The van der Waals surface area contributed by atoms with Crippen molar-refractivity contribution in [2.75, 3.05) is 13.2 Å². The van der Waals surface area contributed by atoms with Crippen LogP contribution in [-0.2, 0) is 23.9 Å². The summed E-state index contributed by atoms with van der Waals surface area (Å²) >= 11 is 10.5. The summed E-state index contributed by atoms with van der Waals surface area (Å²) in [6.07, 6.45) is 0.627. The average Bonchev–Trinajstić information content (AvgIpc) is 3.40. The van der Waals surface area contributed by atoms with E-state index in [9.17, 15) is 24.0 Å². The highest BCUT2D eigenvalue weighted by molar-refractivity contribution is 9.12. The first-order chi connectivity index (χ1) is 15.7. The first-order valence-corrected chi connectivity index (χ1v) is 12.9. The van der Waals surface area contributed by atoms with E-state index in [1.807, 2.05) is 0 Å². The number of nitrogens with zero attached hydrogens (tertiary/aromatic N) is 1. The second kappa shape index (κ2) is 9.83. The van der Waals surface area contributed by atoms with Crippen LogP contribution in [0.1, 0.15) is 23.2 Å². The highest BCUT2D eigenvalue weighted by atomic mass is 79.9. The lowest BCUT2D eigenvalue weighted by Crippen LogP contribution is -2.43. The maximum absolute atomic E-state index is 12.8. The van der Waals surface area contributed by atoms with Gasteiger partial charge in [-0.2, -0.15) is 0 Å². The van der Waals surface area contributed by atoms with Gasteiger partial charge in [0, 0.05) is 26.2 Å². The lowest BCUT2D eigenvalue weighted by Gasteiger charge is -2.28. The van der Waals surface area contributed by atoms with Crippen LogP contribution in [0.2, 0.25) is 0 Å². The van der Waals surface area contributed by atoms with Crippen molar-refractivity contribution in [1.82, 2.24) is 15.8 Å². The first-order valence-electron chi connectivity index (χ1n) is 10.3. The van der Waals surface area contributed by atoms with Gasteiger partial charge in [-0.25, -0.2) is 0 Å². The highest BCUT2D eigenvalue weighted by Gasteiger charge is 2.66. The van der Waals surface area contributed by atoms with Gasteiger partial charge >= 0.3 is 5.97 Å². The molecule has 33 heavy (non-hydrogen) atoms. The van der Waals surface area contributed by atoms with Gasteiger partial charge in [0.2, 0.25) is 11.8 Å². The molecule has 2 bridgehead atoms. The van der Waals surface area contributed by atoms with Gasteiger partial charge in [-0.15, -0.1) is 0 Å². The molecule has 6 atom stereocenters. The number of hydrogen-bond acceptors (Lipinski definition) is 6. The summed E-state index contributed by atoms with van der Waals surface area (Å²) in [7, 11) is 0. The number of likely N-dealkylation sites (tertiary alicyclic amines) is 1. The number of nitrogens with one attached hydrogen (secondary N) is 2. The van der Waals surface area contributed by atoms with Gasteiger partial charge in [-0.05, 0) is 42.5 Å². The molecule has 1 saturated heterocycles. The van der Waals surface area contributed by atoms with Crippen LogP contribution >= 0.6 is 47.8 Å². The molecule has 1 aromatic carbocycles. The zero-order chi connectivity index (χ0) is 23.9. The Hall–Kier alpha value is -1.79. The Morgan fingerprint density at radius 3 is 2.12 bits per heavy atom. The van der Waals surface area contributed by atoms with Crippen molar-refractivity contribution in [3.63, 3.8) is 0 Å². The van der Waals surface area contributed by atoms with Gasteiger partial charge < -0.3 is 4.74 Å². The van der Waals surface area contributed by atoms with Gasteiger partial charge in [0.1, 0.15) is 0 Å². The Labute approximate surface area is 214 Å². The predicted octanol–water partition coefficient (Wildman–Crippen LogP) is 1.92. The van der Waals surface area contributed by atoms with Crippen molar-refractivity contribution in [2.24, 2.45) is 23.7 Å². The summed E-state index contributed by atoms with van der Waals surface area (Å²) in [5, 5.41) is 0. The highest BCUT2D eigenvalue weighted by Crippen LogP contribution is 2.60. The van der Waals surface area contributed by atoms with Crippen LogP contribution in [-0.4, -0.2) is 57.3 Å². The topological polar surface area (TPSA) is 122 Å². The molecule has 176 valence electrons. The fourth-order valence-electron chi connectivity index (χ4n) is 4.89. The summed E-state index contributed by atoms with van der Waals surface area (Å²) in [5.74, 6) is -2.90. The van der Waals surface area contributed by atoms with Crippen molar-refractivity contribution in [2.45, 2.75) is 22.5 Å². The molecule has 2 aliphatic carbocycles. The number of fused-ring (bicyclic) bond motifs is 5. The van der Waals surface area contributed by atoms with E-state index >= 15 is 0 Å². The number of amides is 4. The summed E-state index contributed by atoms with van der Waals surface area (Å²) in [6.45, 7) is -0.682. The van der Waals surface area contributed by atoms with Crippen LogP contribution in [0.15, 0.2) is 28.7 Å². The second-order valence-corrected chi connectivity index (χ2v) is 11.3. The first kappa shape index (κ1) is 24.3. The number of hydrogen-bond donors (Lipinski definition) is 2. The lowest BCUT2D eigenvalue weighted by atomic mass is 9.81. The maximum atomic E-state index is 12.8. The van der Waals surface area contributed by atoms with E-state index in [0.29, 0.717) is 5.56 Å². The number of hydrazine groups is 1. The van der Waals surface area contributed by atoms with Crippen molar-refractivity contribution in [1.29, 1.82) is 0 Å². The molecule has 0 unspecified atom stereocenters. The predicted molar refractivity (Wildman–Crippen MR) is 126 cm³/mol. The van der Waals surface area contributed by atoms with E-state index in [2.05, 4.69) is 58.6 Å². The fraction of sp³-hybridized carbons (Fsp3) is 0.476. The summed E-state index contributed by atoms with van der Waals surface area (Å²) < 4.78 is 5.71. The minimum atomic E-state index is -0.722. The standard InChI is InChI=1S/C21H20Br3N3O6/c22-10-3-1-9(2-4-10)19(30)26-25-13(28)8-33-14(29)5-6-27-20(31)15-11-7-12(16(15)21(27)32)18(24)17(11)23/h1-4,11-12,15-18H,5-8H2,(H,25,28)(H,26,30)/t11-,12-,15-,16-,17-,18+/m1/s1. The van der Waals surface area contributed by atoms with Gasteiger partial charge in [-0.3, -0.25) is 39.7 Å². The molecule has 12 heteroatoms. The molecule has 1 aromatic rings. The SMILES string of the molecule is O=C(COC(=O)CCN1C(=O)[C@@H]2[C@H]3C[C@@H]([C@@H](Br)[C@H]3Br)[C@H]2C1=O)NNC(=O)c1ccc(Br)cc1. The number of ether oxygens (including phenoxy) is 1. The van der Waals surface area contributed by atoms with Crippen molar-refractivity contribution >= 4 is 77.4 Å². The quantitative estimate of drug-likeness (QED) is 0.210. The number of carbonyl (C=O) groups excluding carboxylic acids is 5. The molecule has 1 heterocycles. The molecular formula is C21H20Br3N3O6. The number of rotatable bonds is 6. The Morgan fingerprint density at radius 2 is 1.55 bits per heavy atom. The van der Waals surface area contributed by atoms with E-state index in [1.54, 1.807) is 24.3 Å². The molecule has 2 N–H and O–H groups in total. The smallest absolute Gasteiger partial charge is 0.308 e. The van der Waals surface area contributed by atoms with Crippen molar-refractivity contribution in [3.8, 4) is 0 Å². The van der Waals surface area contributed by atoms with Gasteiger partial charge in [-0.1, -0.05) is 47.8 Å². The largest absolute Gasteiger partial charge is 0.455 e. The third-order valence-electron chi connectivity index (χ3n) is 6.40. The third-order valence-corrected chi connectivity index (χ3v) is 10.1. The van der Waals surface area contributed by atoms with Crippen LogP contribution in [0, 0.1) is 23.7 Å². The van der Waals surface area contributed by atoms with Crippen molar-refractivity contribution in [3.05, 3.63) is 34.3 Å². The maximum Gasteiger partial charge on any atom is 0.308 e. The van der Waals surface area contributed by atoms with E-state index in [4.69, 9.17) is 4.74 Å². The number of esters is 1. The normalized spacial score (nSPS) is 29.7. The number of alkyl halides is 2. The Bertz CT molecular complexity index is 971. The van der Waals surface area contributed by atoms with E-state index in [-0.39, 0.29) is 58.1 Å². The number of halogens is 3. The van der Waals surface area contributed by atoms with E-state index < -0.39 is 24.4 Å². The lowest BCUT2D eigenvalue weighted by molar-refractivity contribution is -0.150. The minimum Gasteiger partial charge on any atom is -0.455 e. The van der Waals surface area contributed by atoms with Gasteiger partial charge in [0.25, 0.3) is 11.8 Å². The number of benzene rings is 1. The molecule has 0 radical (unpaired) electrons. The monoisotopic (exact) mass is 647 g/mol. The minimum absolute atomic E-state index is 0.0786. The van der Waals surface area contributed by atoms with Gasteiger partial charge in [0.05, 0.1) is 18.3 Å². The summed E-state index contributed by atoms with van der Waals surface area (Å²) in [5.41, 5.74) is 4.72. The molecule has 1 aliphatic heterocycles. The Kier molecular flexibility index (Phi) is 7.25. The van der Waals surface area contributed by atoms with Crippen molar-refractivity contribution < 1.29 is 28.7 Å². The number of carbonyl (C=O) groups is 5. The van der Waals surface area contributed by atoms with Crippen LogP contribution < -0.4 is 10.9 Å². The fourth-order valence-corrected chi connectivity index (χ4v) is 7.03. The van der Waals surface area contributed by atoms with Crippen LogP contribution in [0.25, 0.3) is 0 Å². The van der Waals surface area contributed by atoms with Crippen LogP contribution in [0.3, 0.4) is 0 Å². The third kappa shape index (κ3) is 4.74. The number of imide groups is 1. The van der Waals surface area contributed by atoms with E-state index in [0.717, 1.165) is 15.8 Å². The van der Waals surface area contributed by atoms with Crippen LogP contribution in [0.5, 0.6) is 0 Å². The zero-order valence-corrected chi connectivity index (χ0v) is 21.9. The van der Waals surface area contributed by atoms with E-state index in [1.165, 1.54) is 0 Å². The van der Waals surface area contributed by atoms with Crippen LogP contribution in [0.4, 0.5) is 0 Å². The Morgan fingerprint density at radius 1 is 0.970 bits per heavy atom. The molecule has 0 spiro atoms. The molecule has 0 aromatic heterocycles. The average molecular weight is 650 g/mol. The second-order valence-electron chi connectivity index (χ2n) is 8.25. The zero-order valence-electron chi connectivity index (χ0n) is 17.1. The summed E-state index contributed by atoms with van der Waals surface area (Å²) in [6, 6.07) is 6.51. The molecule has 4 rings (SSSR count). The molecular weight excluding hydrogens is 630 g/mol. The van der Waals surface area contributed by atoms with Gasteiger partial charge in [0.15, 0.2) is 6.61 Å². The molecule has 2 saturated carbocycles. The molecule has 4 amide bonds. The summed E-state index contributed by atoms with van der Waals surface area (Å²) in [4.78, 5) is 62.9. The Balaban J connectivity index is 1.20.